The van der Waals surface area contributed by atoms with E-state index in [-0.39, 0.29) is 5.41 Å². The second kappa shape index (κ2) is 8.65. The highest BCUT2D eigenvalue weighted by Crippen LogP contribution is 2.18. The van der Waals surface area contributed by atoms with E-state index >= 15 is 0 Å². The summed E-state index contributed by atoms with van der Waals surface area (Å²) in [5.74, 6) is 0. The summed E-state index contributed by atoms with van der Waals surface area (Å²) in [4.78, 5) is 13.6. The molecule has 9 heteroatoms. The van der Waals surface area contributed by atoms with E-state index in [0.717, 1.165) is 17.1 Å². The van der Waals surface area contributed by atoms with Crippen LogP contribution < -0.4 is 0 Å². The van der Waals surface area contributed by atoms with E-state index in [2.05, 4.69) is 52.5 Å². The van der Waals surface area contributed by atoms with Crippen molar-refractivity contribution in [3.05, 3.63) is 53.9 Å². The minimum absolute atomic E-state index is 0.219. The summed E-state index contributed by atoms with van der Waals surface area (Å²) in [5.41, 5.74) is 2.39. The molecule has 0 spiro atoms. The number of aromatic nitrogens is 6. The highest BCUT2D eigenvalue weighted by Gasteiger charge is 2.23. The molecule has 0 fully saturated rings. The van der Waals surface area contributed by atoms with Crippen molar-refractivity contribution < 1.29 is 0 Å². The Bertz CT molecular complexity index is 714. The molecule has 9 nitrogen and oxygen atoms in total. The van der Waals surface area contributed by atoms with E-state index < -0.39 is 0 Å². The van der Waals surface area contributed by atoms with Gasteiger partial charge in [-0.3, -0.25) is 30.3 Å². The molecule has 3 aromatic rings. The summed E-state index contributed by atoms with van der Waals surface area (Å²) in [6.45, 7) is 3.89. The average Bonchev–Trinajstić information content (AvgIpc) is 3.39. The Hall–Kier alpha value is -3.36. The van der Waals surface area contributed by atoms with Crippen LogP contribution in [0.3, 0.4) is 0 Å². The van der Waals surface area contributed by atoms with Crippen LogP contribution in [0.25, 0.3) is 0 Å². The Morgan fingerprint density at radius 2 is 1.08 bits per heavy atom. The Morgan fingerprint density at radius 3 is 1.35 bits per heavy atom. The number of nitrogens with zero attached hydrogens (tertiary/aromatic N) is 6. The highest BCUT2D eigenvalue weighted by molar-refractivity contribution is 5.77. The van der Waals surface area contributed by atoms with Gasteiger partial charge in [-0.25, -0.2) is 0 Å². The first-order valence-corrected chi connectivity index (χ1v) is 8.21. The number of nitrogens with one attached hydrogen (secondary N) is 3. The molecule has 0 amide bonds. The maximum absolute atomic E-state index is 4.53. The monoisotopic (exact) mass is 351 g/mol. The number of aromatic amines is 3. The van der Waals surface area contributed by atoms with Gasteiger partial charge in [0.15, 0.2) is 0 Å². The van der Waals surface area contributed by atoms with Crippen LogP contribution in [-0.2, 0) is 0 Å². The minimum Gasteiger partial charge on any atom is -0.290 e. The fourth-order valence-electron chi connectivity index (χ4n) is 2.26. The molecule has 0 saturated heterocycles. The number of rotatable bonds is 9. The quantitative estimate of drug-likeness (QED) is 0.506. The average molecular weight is 351 g/mol. The topological polar surface area (TPSA) is 123 Å². The maximum atomic E-state index is 4.53. The summed E-state index contributed by atoms with van der Waals surface area (Å²) >= 11 is 0. The predicted molar refractivity (Wildman–Crippen MR) is 101 cm³/mol. The maximum Gasteiger partial charge on any atom is 0.0756 e. The second-order valence-electron chi connectivity index (χ2n) is 6.26. The first-order chi connectivity index (χ1) is 12.7. The highest BCUT2D eigenvalue weighted by atomic mass is 15.1. The first-order valence-electron chi connectivity index (χ1n) is 8.21. The van der Waals surface area contributed by atoms with Gasteiger partial charge in [-0.15, -0.1) is 0 Å². The summed E-state index contributed by atoms with van der Waals surface area (Å²) in [6, 6.07) is 5.61. The van der Waals surface area contributed by atoms with E-state index in [4.69, 9.17) is 0 Å². The molecule has 3 rings (SSSR count). The first kappa shape index (κ1) is 17.5. The molecule has 3 heterocycles. The standard InChI is InChI=1S/C17H21N9/c1-17(11-18-8-14-2-5-21-24-14,12-19-9-15-3-6-22-25-15)13-20-10-16-4-7-23-26-16/h2-10H,11-13H2,1H3,(H,21,24)(H,22,25)(H,23,26). The minimum atomic E-state index is -0.219. The third-order valence-corrected chi connectivity index (χ3v) is 3.68. The zero-order valence-electron chi connectivity index (χ0n) is 14.5. The van der Waals surface area contributed by atoms with Gasteiger partial charge in [0.05, 0.1) is 17.1 Å². The zero-order chi connectivity index (χ0) is 18.1. The molecule has 0 bridgehead atoms. The van der Waals surface area contributed by atoms with Gasteiger partial charge >= 0.3 is 0 Å². The summed E-state index contributed by atoms with van der Waals surface area (Å²) in [7, 11) is 0. The van der Waals surface area contributed by atoms with Gasteiger partial charge in [0.25, 0.3) is 0 Å². The van der Waals surface area contributed by atoms with Crippen molar-refractivity contribution in [3.8, 4) is 0 Å². The molecule has 0 radical (unpaired) electrons. The van der Waals surface area contributed by atoms with Crippen molar-refractivity contribution in [2.75, 3.05) is 19.6 Å². The lowest BCUT2D eigenvalue weighted by Crippen LogP contribution is -2.28. The van der Waals surface area contributed by atoms with Crippen molar-refractivity contribution in [2.45, 2.75) is 6.92 Å². The lowest BCUT2D eigenvalue weighted by atomic mass is 9.91. The number of aliphatic imine (C=N–C) groups is 3. The van der Waals surface area contributed by atoms with Crippen molar-refractivity contribution in [1.82, 2.24) is 30.6 Å². The summed E-state index contributed by atoms with van der Waals surface area (Å²) in [6.07, 6.45) is 10.4. The predicted octanol–water partition coefficient (Wildman–Crippen LogP) is 1.52. The Kier molecular flexibility index (Phi) is 5.81. The van der Waals surface area contributed by atoms with Crippen molar-refractivity contribution in [1.29, 1.82) is 0 Å². The Balaban J connectivity index is 1.64. The van der Waals surface area contributed by atoms with Gasteiger partial charge in [-0.05, 0) is 18.2 Å². The van der Waals surface area contributed by atoms with E-state index in [1.807, 2.05) is 18.2 Å². The van der Waals surface area contributed by atoms with Crippen LogP contribution in [0, 0.1) is 5.41 Å². The van der Waals surface area contributed by atoms with Crippen LogP contribution in [0.1, 0.15) is 24.0 Å². The van der Waals surface area contributed by atoms with E-state index in [1.165, 1.54) is 0 Å². The van der Waals surface area contributed by atoms with Gasteiger partial charge in [-0.2, -0.15) is 15.3 Å². The molecule has 0 aliphatic carbocycles. The molecule has 0 aliphatic rings. The van der Waals surface area contributed by atoms with Crippen LogP contribution >= 0.6 is 0 Å². The molecular formula is C17H21N9. The number of H-pyrrole nitrogens is 3. The van der Waals surface area contributed by atoms with Crippen molar-refractivity contribution >= 4 is 18.6 Å². The summed E-state index contributed by atoms with van der Waals surface area (Å²) < 4.78 is 0. The van der Waals surface area contributed by atoms with Gasteiger partial charge in [0.2, 0.25) is 0 Å². The van der Waals surface area contributed by atoms with Gasteiger partial charge in [0, 0.05) is 62.3 Å². The molecule has 3 N–H and O–H groups in total. The molecule has 0 saturated carbocycles. The van der Waals surface area contributed by atoms with E-state index in [0.29, 0.717) is 19.6 Å². The van der Waals surface area contributed by atoms with E-state index in [9.17, 15) is 0 Å². The number of hydrogen-bond donors (Lipinski definition) is 3. The van der Waals surface area contributed by atoms with Gasteiger partial charge in [0.1, 0.15) is 0 Å². The Labute approximate surface area is 150 Å². The SMILES string of the molecule is CC(CN=Cc1ccn[nH]1)(CN=Cc1ccn[nH]1)CN=Cc1ccn[nH]1. The van der Waals surface area contributed by atoms with Gasteiger partial charge in [-0.1, -0.05) is 6.92 Å². The van der Waals surface area contributed by atoms with Gasteiger partial charge < -0.3 is 0 Å². The smallest absolute Gasteiger partial charge is 0.0756 e. The lowest BCUT2D eigenvalue weighted by Gasteiger charge is -2.23. The van der Waals surface area contributed by atoms with Crippen molar-refractivity contribution in [3.63, 3.8) is 0 Å². The molecule has 0 atom stereocenters. The van der Waals surface area contributed by atoms with Crippen LogP contribution in [0.15, 0.2) is 51.8 Å². The molecule has 0 unspecified atom stereocenters. The van der Waals surface area contributed by atoms with Crippen LogP contribution in [-0.4, -0.2) is 68.9 Å². The molecule has 0 aromatic carbocycles. The summed E-state index contributed by atoms with van der Waals surface area (Å²) in [5, 5.41) is 20.3. The van der Waals surface area contributed by atoms with Crippen molar-refractivity contribution in [2.24, 2.45) is 20.4 Å². The molecule has 134 valence electrons. The third kappa shape index (κ3) is 5.33. The normalized spacial score (nSPS) is 14.7. The van der Waals surface area contributed by atoms with Crippen LogP contribution in [0.5, 0.6) is 0 Å². The zero-order valence-corrected chi connectivity index (χ0v) is 14.5. The van der Waals surface area contributed by atoms with Crippen LogP contribution in [0.4, 0.5) is 0 Å². The molecular weight excluding hydrogens is 330 g/mol. The molecule has 0 aliphatic heterocycles. The second-order valence-corrected chi connectivity index (χ2v) is 6.26. The van der Waals surface area contributed by atoms with Crippen LogP contribution in [0.2, 0.25) is 0 Å². The molecule has 3 aromatic heterocycles. The number of hydrogen-bond acceptors (Lipinski definition) is 6. The largest absolute Gasteiger partial charge is 0.290 e. The van der Waals surface area contributed by atoms with E-state index in [1.54, 1.807) is 37.2 Å². The molecule has 26 heavy (non-hydrogen) atoms. The third-order valence-electron chi connectivity index (χ3n) is 3.68. The lowest BCUT2D eigenvalue weighted by molar-refractivity contribution is 0.366. The fourth-order valence-corrected chi connectivity index (χ4v) is 2.26. The Morgan fingerprint density at radius 1 is 0.731 bits per heavy atom. The fraction of sp³-hybridized carbons (Fsp3) is 0.294.